The van der Waals surface area contributed by atoms with Gasteiger partial charge in [-0.05, 0) is 35.7 Å². The van der Waals surface area contributed by atoms with E-state index in [1.807, 2.05) is 54.6 Å². The van der Waals surface area contributed by atoms with Gasteiger partial charge in [0.15, 0.2) is 6.61 Å². The summed E-state index contributed by atoms with van der Waals surface area (Å²) in [5, 5.41) is 2.81. The van der Waals surface area contributed by atoms with Crippen LogP contribution < -0.4 is 10.1 Å². The Hall–Kier alpha value is -2.85. The first-order valence-corrected chi connectivity index (χ1v) is 8.49. The van der Waals surface area contributed by atoms with Crippen molar-refractivity contribution in [3.05, 3.63) is 94.8 Å². The molecule has 0 saturated heterocycles. The molecular formula is C21H17ClFNO2. The zero-order valence-electron chi connectivity index (χ0n) is 13.9. The molecule has 3 nitrogen and oxygen atoms in total. The van der Waals surface area contributed by atoms with Crippen LogP contribution in [0.5, 0.6) is 5.75 Å². The van der Waals surface area contributed by atoms with Crippen LogP contribution in [0.1, 0.15) is 11.1 Å². The lowest BCUT2D eigenvalue weighted by Crippen LogP contribution is -2.21. The summed E-state index contributed by atoms with van der Waals surface area (Å²) in [4.78, 5) is 12.2. The number of halogens is 2. The predicted molar refractivity (Wildman–Crippen MR) is 101 cm³/mol. The number of carbonyl (C=O) groups excluding carboxylic acids is 1. The average Bonchev–Trinajstić information content (AvgIpc) is 2.65. The van der Waals surface area contributed by atoms with Gasteiger partial charge in [0.05, 0.1) is 5.02 Å². The number of rotatable bonds is 6. The molecule has 5 heteroatoms. The third kappa shape index (κ3) is 4.83. The molecule has 1 N–H and O–H groups in total. The first kappa shape index (κ1) is 18.0. The standard InChI is InChI=1S/C21H17ClFNO2/c22-18-13-17(10-11-19(18)23)26-14-21(25)24-20-9-5-4-8-16(20)12-15-6-2-1-3-7-15/h1-11,13H,12,14H2,(H,24,25). The summed E-state index contributed by atoms with van der Waals surface area (Å²) in [6.45, 7) is -0.193. The monoisotopic (exact) mass is 369 g/mol. The van der Waals surface area contributed by atoms with Gasteiger partial charge in [-0.15, -0.1) is 0 Å². The summed E-state index contributed by atoms with van der Waals surface area (Å²) < 4.78 is 18.5. The van der Waals surface area contributed by atoms with E-state index in [9.17, 15) is 9.18 Å². The van der Waals surface area contributed by atoms with Crippen molar-refractivity contribution in [3.63, 3.8) is 0 Å². The molecule has 0 aromatic heterocycles. The van der Waals surface area contributed by atoms with Crippen LogP contribution in [0.25, 0.3) is 0 Å². The van der Waals surface area contributed by atoms with Crippen LogP contribution in [0.2, 0.25) is 5.02 Å². The Morgan fingerprint density at radius 1 is 1.00 bits per heavy atom. The molecule has 132 valence electrons. The van der Waals surface area contributed by atoms with Gasteiger partial charge >= 0.3 is 0 Å². The summed E-state index contributed by atoms with van der Waals surface area (Å²) in [6, 6.07) is 21.6. The minimum Gasteiger partial charge on any atom is -0.484 e. The summed E-state index contributed by atoms with van der Waals surface area (Å²) in [7, 11) is 0. The largest absolute Gasteiger partial charge is 0.484 e. The minimum atomic E-state index is -0.529. The third-order valence-corrected chi connectivity index (χ3v) is 4.08. The highest BCUT2D eigenvalue weighted by Gasteiger charge is 2.09. The van der Waals surface area contributed by atoms with Crippen molar-refractivity contribution < 1.29 is 13.9 Å². The average molecular weight is 370 g/mol. The van der Waals surface area contributed by atoms with Crippen molar-refractivity contribution in [2.75, 3.05) is 11.9 Å². The molecule has 0 heterocycles. The molecule has 0 aliphatic rings. The molecule has 3 rings (SSSR count). The van der Waals surface area contributed by atoms with Gasteiger partial charge in [-0.3, -0.25) is 4.79 Å². The van der Waals surface area contributed by atoms with Crippen molar-refractivity contribution in [3.8, 4) is 5.75 Å². The van der Waals surface area contributed by atoms with Crippen molar-refractivity contribution in [2.24, 2.45) is 0 Å². The molecule has 3 aromatic rings. The zero-order valence-corrected chi connectivity index (χ0v) is 14.7. The van der Waals surface area contributed by atoms with Crippen molar-refractivity contribution in [2.45, 2.75) is 6.42 Å². The van der Waals surface area contributed by atoms with Crippen molar-refractivity contribution >= 4 is 23.2 Å². The topological polar surface area (TPSA) is 38.3 Å². The number of ether oxygens (including phenoxy) is 1. The Kier molecular flexibility index (Phi) is 5.87. The fraction of sp³-hybridized carbons (Fsp3) is 0.0952. The van der Waals surface area contributed by atoms with Gasteiger partial charge in [-0.25, -0.2) is 4.39 Å². The van der Waals surface area contributed by atoms with Gasteiger partial charge in [0.1, 0.15) is 11.6 Å². The number of benzene rings is 3. The summed E-state index contributed by atoms with van der Waals surface area (Å²) in [6.07, 6.45) is 0.714. The van der Waals surface area contributed by atoms with Crippen LogP contribution in [0.3, 0.4) is 0 Å². The Balaban J connectivity index is 1.63. The maximum absolute atomic E-state index is 13.1. The molecule has 0 aliphatic heterocycles. The van der Waals surface area contributed by atoms with Crippen LogP contribution in [0, 0.1) is 5.82 Å². The van der Waals surface area contributed by atoms with Crippen LogP contribution in [0.15, 0.2) is 72.8 Å². The molecule has 3 aromatic carbocycles. The van der Waals surface area contributed by atoms with E-state index in [1.165, 1.54) is 18.2 Å². The Morgan fingerprint density at radius 3 is 2.50 bits per heavy atom. The summed E-state index contributed by atoms with van der Waals surface area (Å²) >= 11 is 5.70. The van der Waals surface area contributed by atoms with E-state index >= 15 is 0 Å². The summed E-state index contributed by atoms with van der Waals surface area (Å²) in [5.41, 5.74) is 2.91. The number of carbonyl (C=O) groups is 1. The van der Waals surface area contributed by atoms with E-state index in [0.717, 1.165) is 16.8 Å². The molecule has 0 fully saturated rings. The molecule has 0 aliphatic carbocycles. The Bertz CT molecular complexity index is 900. The van der Waals surface area contributed by atoms with Crippen LogP contribution >= 0.6 is 11.6 Å². The van der Waals surface area contributed by atoms with E-state index in [4.69, 9.17) is 16.3 Å². The third-order valence-electron chi connectivity index (χ3n) is 3.79. The molecule has 0 radical (unpaired) electrons. The van der Waals surface area contributed by atoms with Crippen LogP contribution in [0.4, 0.5) is 10.1 Å². The van der Waals surface area contributed by atoms with Crippen LogP contribution in [-0.4, -0.2) is 12.5 Å². The maximum Gasteiger partial charge on any atom is 0.262 e. The fourth-order valence-corrected chi connectivity index (χ4v) is 2.68. The molecule has 1 amide bonds. The van der Waals surface area contributed by atoms with Crippen LogP contribution in [-0.2, 0) is 11.2 Å². The lowest BCUT2D eigenvalue weighted by atomic mass is 10.0. The van der Waals surface area contributed by atoms with Gasteiger partial charge in [0.25, 0.3) is 5.91 Å². The molecule has 0 atom stereocenters. The molecule has 0 spiro atoms. The second kappa shape index (κ2) is 8.50. The van der Waals surface area contributed by atoms with E-state index in [1.54, 1.807) is 0 Å². The second-order valence-corrected chi connectivity index (χ2v) is 6.14. The number of para-hydroxylation sites is 1. The van der Waals surface area contributed by atoms with Gasteiger partial charge in [0, 0.05) is 11.8 Å². The zero-order chi connectivity index (χ0) is 18.4. The molecule has 0 bridgehead atoms. The van der Waals surface area contributed by atoms with Gasteiger partial charge in [-0.1, -0.05) is 60.1 Å². The highest BCUT2D eigenvalue weighted by Crippen LogP contribution is 2.22. The lowest BCUT2D eigenvalue weighted by molar-refractivity contribution is -0.118. The highest BCUT2D eigenvalue weighted by atomic mass is 35.5. The second-order valence-electron chi connectivity index (χ2n) is 5.73. The fourth-order valence-electron chi connectivity index (χ4n) is 2.51. The van der Waals surface area contributed by atoms with Crippen molar-refractivity contribution in [1.82, 2.24) is 0 Å². The molecule has 0 saturated carbocycles. The number of anilines is 1. The number of nitrogens with one attached hydrogen (secondary N) is 1. The first-order valence-electron chi connectivity index (χ1n) is 8.11. The van der Waals surface area contributed by atoms with Gasteiger partial charge < -0.3 is 10.1 Å². The van der Waals surface area contributed by atoms with Crippen molar-refractivity contribution in [1.29, 1.82) is 0 Å². The lowest BCUT2D eigenvalue weighted by Gasteiger charge is -2.12. The van der Waals surface area contributed by atoms with E-state index in [0.29, 0.717) is 12.2 Å². The molecule has 0 unspecified atom stereocenters. The van der Waals surface area contributed by atoms with E-state index < -0.39 is 5.82 Å². The smallest absolute Gasteiger partial charge is 0.262 e. The number of amides is 1. The van der Waals surface area contributed by atoms with E-state index in [-0.39, 0.29) is 17.5 Å². The quantitative estimate of drug-likeness (QED) is 0.657. The molecular weight excluding hydrogens is 353 g/mol. The molecule has 26 heavy (non-hydrogen) atoms. The first-order chi connectivity index (χ1) is 12.6. The SMILES string of the molecule is O=C(COc1ccc(F)c(Cl)c1)Nc1ccccc1Cc1ccccc1. The predicted octanol–water partition coefficient (Wildman–Crippen LogP) is 5.09. The Labute approximate surface area is 156 Å². The highest BCUT2D eigenvalue weighted by molar-refractivity contribution is 6.30. The van der Waals surface area contributed by atoms with Gasteiger partial charge in [-0.2, -0.15) is 0 Å². The maximum atomic E-state index is 13.1. The minimum absolute atomic E-state index is 0.0453. The summed E-state index contributed by atoms with van der Waals surface area (Å²) in [5.74, 6) is -0.492. The normalized spacial score (nSPS) is 10.4. The Morgan fingerprint density at radius 2 is 1.73 bits per heavy atom. The number of hydrogen-bond donors (Lipinski definition) is 1. The number of hydrogen-bond acceptors (Lipinski definition) is 2. The van der Waals surface area contributed by atoms with E-state index in [2.05, 4.69) is 5.32 Å². The van der Waals surface area contributed by atoms with Gasteiger partial charge in [0.2, 0.25) is 0 Å².